The van der Waals surface area contributed by atoms with Gasteiger partial charge in [-0.3, -0.25) is 0 Å². The van der Waals surface area contributed by atoms with Gasteiger partial charge < -0.3 is 9.64 Å². The van der Waals surface area contributed by atoms with Gasteiger partial charge in [-0.05, 0) is 44.2 Å². The van der Waals surface area contributed by atoms with Gasteiger partial charge in [0.2, 0.25) is 0 Å². The molecule has 0 aromatic carbocycles. The number of hydrogen-bond donors (Lipinski definition) is 0. The summed E-state index contributed by atoms with van der Waals surface area (Å²) < 4.78 is 6.64. The van der Waals surface area contributed by atoms with Crippen LogP contribution in [0.2, 0.25) is 0 Å². The van der Waals surface area contributed by atoms with Crippen molar-refractivity contribution in [2.75, 3.05) is 13.1 Å². The van der Waals surface area contributed by atoms with E-state index in [9.17, 15) is 4.79 Å². The first kappa shape index (κ1) is 14.5. The van der Waals surface area contributed by atoms with Crippen LogP contribution in [0.1, 0.15) is 32.2 Å². The zero-order chi connectivity index (χ0) is 15.0. The molecule has 0 saturated carbocycles. The Morgan fingerprint density at radius 2 is 2.24 bits per heavy atom. The maximum Gasteiger partial charge on any atom is 0.410 e. The lowest BCUT2D eigenvalue weighted by atomic mass is 10.1. The molecule has 112 valence electrons. The third-order valence-corrected chi connectivity index (χ3v) is 5.19. The third kappa shape index (κ3) is 3.27. The smallest absolute Gasteiger partial charge is 0.410 e. The van der Waals surface area contributed by atoms with E-state index < -0.39 is 5.60 Å². The molecule has 0 radical (unpaired) electrons. The van der Waals surface area contributed by atoms with Gasteiger partial charge in [0.05, 0.1) is 4.70 Å². The van der Waals surface area contributed by atoms with E-state index >= 15 is 0 Å². The molecule has 0 bridgehead atoms. The number of aromatic nitrogens is 1. The van der Waals surface area contributed by atoms with Crippen molar-refractivity contribution in [1.82, 2.24) is 9.88 Å². The van der Waals surface area contributed by atoms with E-state index in [0.29, 0.717) is 13.1 Å². The van der Waals surface area contributed by atoms with Crippen LogP contribution in [0.4, 0.5) is 4.79 Å². The molecule has 2 aromatic heterocycles. The molecule has 1 amide bonds. The molecule has 3 rings (SSSR count). The molecule has 2 aromatic rings. The minimum atomic E-state index is -0.444. The quantitative estimate of drug-likeness (QED) is 0.782. The summed E-state index contributed by atoms with van der Waals surface area (Å²) in [5.41, 5.74) is 0.795. The van der Waals surface area contributed by atoms with Crippen molar-refractivity contribution >= 4 is 43.9 Å². The SMILES string of the molecule is CC(C)(C)OC(=O)N1CC=C(c2nc3sccc3s2)CC1. The summed E-state index contributed by atoms with van der Waals surface area (Å²) in [6, 6.07) is 2.11. The van der Waals surface area contributed by atoms with Crippen molar-refractivity contribution in [3.8, 4) is 0 Å². The monoisotopic (exact) mass is 322 g/mol. The minimum absolute atomic E-state index is 0.238. The van der Waals surface area contributed by atoms with Gasteiger partial charge in [-0.1, -0.05) is 6.08 Å². The molecule has 3 heterocycles. The van der Waals surface area contributed by atoms with Crippen LogP contribution in [0.5, 0.6) is 0 Å². The highest BCUT2D eigenvalue weighted by molar-refractivity contribution is 7.26. The summed E-state index contributed by atoms with van der Waals surface area (Å²) in [5, 5.41) is 3.15. The summed E-state index contributed by atoms with van der Waals surface area (Å²) in [4.78, 5) is 19.5. The molecule has 0 N–H and O–H groups in total. The Morgan fingerprint density at radius 3 is 2.86 bits per heavy atom. The van der Waals surface area contributed by atoms with E-state index in [1.807, 2.05) is 20.8 Å². The molecular formula is C15H18N2O2S2. The number of fused-ring (bicyclic) bond motifs is 1. The fraction of sp³-hybridized carbons (Fsp3) is 0.467. The number of thiophene rings is 1. The number of thiazole rings is 1. The number of ether oxygens (including phenoxy) is 1. The molecule has 0 unspecified atom stereocenters. The molecule has 0 fully saturated rings. The van der Waals surface area contributed by atoms with Crippen LogP contribution in [0.3, 0.4) is 0 Å². The van der Waals surface area contributed by atoms with Crippen LogP contribution >= 0.6 is 22.7 Å². The topological polar surface area (TPSA) is 42.4 Å². The van der Waals surface area contributed by atoms with Gasteiger partial charge in [0, 0.05) is 13.1 Å². The lowest BCUT2D eigenvalue weighted by molar-refractivity contribution is 0.0270. The molecule has 0 saturated heterocycles. The molecule has 4 nitrogen and oxygen atoms in total. The molecule has 0 aliphatic carbocycles. The van der Waals surface area contributed by atoms with Crippen LogP contribution < -0.4 is 0 Å². The molecule has 21 heavy (non-hydrogen) atoms. The van der Waals surface area contributed by atoms with Crippen LogP contribution in [0.15, 0.2) is 17.5 Å². The summed E-state index contributed by atoms with van der Waals surface area (Å²) in [5.74, 6) is 0. The van der Waals surface area contributed by atoms with Crippen molar-refractivity contribution in [2.45, 2.75) is 32.8 Å². The Morgan fingerprint density at radius 1 is 1.43 bits per heavy atom. The molecule has 1 aliphatic heterocycles. The van der Waals surface area contributed by atoms with Gasteiger partial charge in [-0.2, -0.15) is 0 Å². The van der Waals surface area contributed by atoms with Crippen molar-refractivity contribution in [1.29, 1.82) is 0 Å². The summed E-state index contributed by atoms with van der Waals surface area (Å²) >= 11 is 3.40. The molecule has 0 spiro atoms. The fourth-order valence-electron chi connectivity index (χ4n) is 2.16. The lowest BCUT2D eigenvalue weighted by Gasteiger charge is -2.29. The second-order valence-electron chi connectivity index (χ2n) is 6.01. The van der Waals surface area contributed by atoms with Gasteiger partial charge in [0.25, 0.3) is 0 Å². The Bertz CT molecular complexity index is 665. The number of rotatable bonds is 1. The van der Waals surface area contributed by atoms with Crippen molar-refractivity contribution < 1.29 is 9.53 Å². The Kier molecular flexibility index (Phi) is 3.75. The van der Waals surface area contributed by atoms with Crippen molar-refractivity contribution in [3.05, 3.63) is 22.5 Å². The Balaban J connectivity index is 1.69. The summed E-state index contributed by atoms with van der Waals surface area (Å²) in [7, 11) is 0. The van der Waals surface area contributed by atoms with Gasteiger partial charge in [-0.15, -0.1) is 22.7 Å². The van der Waals surface area contributed by atoms with Crippen LogP contribution in [0.25, 0.3) is 15.1 Å². The number of hydrogen-bond acceptors (Lipinski definition) is 5. The highest BCUT2D eigenvalue weighted by atomic mass is 32.1. The molecule has 0 atom stereocenters. The van der Waals surface area contributed by atoms with Gasteiger partial charge in [0.15, 0.2) is 0 Å². The van der Waals surface area contributed by atoms with E-state index in [2.05, 4.69) is 22.5 Å². The predicted octanol–water partition coefficient (Wildman–Crippen LogP) is 4.38. The van der Waals surface area contributed by atoms with E-state index in [4.69, 9.17) is 4.74 Å². The van der Waals surface area contributed by atoms with E-state index in [0.717, 1.165) is 16.3 Å². The van der Waals surface area contributed by atoms with Crippen molar-refractivity contribution in [2.24, 2.45) is 0 Å². The standard InChI is InChI=1S/C15H18N2O2S2/c1-15(2,3)19-14(18)17-7-4-10(5-8-17)12-16-13-11(21-12)6-9-20-13/h4,6,9H,5,7-8H2,1-3H3. The Labute approximate surface area is 132 Å². The first-order chi connectivity index (χ1) is 9.92. The molecule has 6 heteroatoms. The van der Waals surface area contributed by atoms with E-state index in [-0.39, 0.29) is 6.09 Å². The fourth-order valence-corrected chi connectivity index (χ4v) is 4.17. The zero-order valence-corrected chi connectivity index (χ0v) is 14.0. The third-order valence-electron chi connectivity index (χ3n) is 3.16. The largest absolute Gasteiger partial charge is 0.444 e. The van der Waals surface area contributed by atoms with E-state index in [1.165, 1.54) is 10.3 Å². The van der Waals surface area contributed by atoms with Crippen LogP contribution in [0, 0.1) is 0 Å². The highest BCUT2D eigenvalue weighted by Crippen LogP contribution is 2.33. The Hall–Kier alpha value is -1.40. The number of nitrogens with zero attached hydrogens (tertiary/aromatic N) is 2. The average molecular weight is 322 g/mol. The van der Waals surface area contributed by atoms with Gasteiger partial charge >= 0.3 is 6.09 Å². The first-order valence-electron chi connectivity index (χ1n) is 6.94. The number of amides is 1. The van der Waals surface area contributed by atoms with Crippen molar-refractivity contribution in [3.63, 3.8) is 0 Å². The maximum absolute atomic E-state index is 12.0. The first-order valence-corrected chi connectivity index (χ1v) is 8.63. The summed E-state index contributed by atoms with van der Waals surface area (Å²) in [6.45, 7) is 6.95. The second-order valence-corrected chi connectivity index (χ2v) is 7.94. The average Bonchev–Trinajstić information content (AvgIpc) is 2.97. The van der Waals surface area contributed by atoms with Crippen LogP contribution in [-0.4, -0.2) is 34.7 Å². The summed E-state index contributed by atoms with van der Waals surface area (Å²) in [6.07, 6.45) is 2.69. The van der Waals surface area contributed by atoms with Gasteiger partial charge in [0.1, 0.15) is 15.4 Å². The predicted molar refractivity (Wildman–Crippen MR) is 87.9 cm³/mol. The maximum atomic E-state index is 12.0. The molecular weight excluding hydrogens is 304 g/mol. The van der Waals surface area contributed by atoms with Crippen LogP contribution in [-0.2, 0) is 4.74 Å². The van der Waals surface area contributed by atoms with E-state index in [1.54, 1.807) is 27.6 Å². The second kappa shape index (κ2) is 5.42. The zero-order valence-electron chi connectivity index (χ0n) is 12.4. The lowest BCUT2D eigenvalue weighted by Crippen LogP contribution is -2.39. The normalized spacial score (nSPS) is 16.1. The van der Waals surface area contributed by atoms with Gasteiger partial charge in [-0.25, -0.2) is 9.78 Å². The highest BCUT2D eigenvalue weighted by Gasteiger charge is 2.24. The number of carbonyl (C=O) groups is 1. The number of carbonyl (C=O) groups excluding carboxylic acids is 1. The molecule has 1 aliphatic rings. The minimum Gasteiger partial charge on any atom is -0.444 e.